The zero-order chi connectivity index (χ0) is 24.9. The van der Waals surface area contributed by atoms with Gasteiger partial charge in [-0.25, -0.2) is 9.37 Å². The van der Waals surface area contributed by atoms with E-state index in [4.69, 9.17) is 16.3 Å². The Morgan fingerprint density at radius 2 is 1.97 bits per heavy atom. The maximum atomic E-state index is 15.0. The zero-order valence-corrected chi connectivity index (χ0v) is 19.1. The van der Waals surface area contributed by atoms with E-state index in [2.05, 4.69) is 10.3 Å². The molecule has 0 aliphatic rings. The number of hydrogen-bond donors (Lipinski definition) is 2. The third kappa shape index (κ3) is 6.55. The summed E-state index contributed by atoms with van der Waals surface area (Å²) < 4.78 is 59.5. The predicted octanol–water partition coefficient (Wildman–Crippen LogP) is 5.96. The van der Waals surface area contributed by atoms with Gasteiger partial charge in [-0.2, -0.15) is 13.2 Å². The first-order valence-electron chi connectivity index (χ1n) is 9.84. The topological polar surface area (TPSA) is 71.5 Å². The van der Waals surface area contributed by atoms with Gasteiger partial charge in [0.15, 0.2) is 6.10 Å². The van der Waals surface area contributed by atoms with Crippen LogP contribution in [0.15, 0.2) is 47.7 Å². The number of benzene rings is 1. The highest BCUT2D eigenvalue weighted by Crippen LogP contribution is 2.34. The van der Waals surface area contributed by atoms with Crippen LogP contribution >= 0.6 is 11.6 Å². The molecule has 1 atom stereocenters. The van der Waals surface area contributed by atoms with Crippen LogP contribution in [-0.4, -0.2) is 28.3 Å². The molecular weight excluding hydrogens is 464 g/mol. The molecule has 2 aromatic rings. The van der Waals surface area contributed by atoms with E-state index in [0.717, 1.165) is 24.6 Å². The highest BCUT2D eigenvalue weighted by Gasteiger charge is 2.39. The Bertz CT molecular complexity index is 1090. The van der Waals surface area contributed by atoms with Gasteiger partial charge < -0.3 is 15.2 Å². The number of alkyl halides is 3. The highest BCUT2D eigenvalue weighted by molar-refractivity contribution is 6.31. The van der Waals surface area contributed by atoms with Crippen LogP contribution in [0.4, 0.5) is 17.6 Å². The first-order chi connectivity index (χ1) is 15.4. The molecule has 0 saturated heterocycles. The molecule has 0 spiro atoms. The number of carbonyl (C=O) groups is 1. The van der Waals surface area contributed by atoms with Crippen LogP contribution < -0.4 is 10.1 Å². The molecule has 1 aromatic heterocycles. The monoisotopic (exact) mass is 486 g/mol. The van der Waals surface area contributed by atoms with Gasteiger partial charge in [-0.15, -0.1) is 0 Å². The molecule has 1 amide bonds. The summed E-state index contributed by atoms with van der Waals surface area (Å²) in [7, 11) is 0. The second-order valence-electron chi connectivity index (χ2n) is 7.28. The van der Waals surface area contributed by atoms with Crippen molar-refractivity contribution >= 4 is 17.5 Å². The number of nitrogens with zero attached hydrogens (tertiary/aromatic N) is 1. The van der Waals surface area contributed by atoms with Crippen molar-refractivity contribution in [1.29, 1.82) is 0 Å². The van der Waals surface area contributed by atoms with Crippen LogP contribution in [-0.2, 0) is 6.61 Å². The summed E-state index contributed by atoms with van der Waals surface area (Å²) in [6.45, 7) is 5.43. The Labute approximate surface area is 193 Å². The van der Waals surface area contributed by atoms with Crippen molar-refractivity contribution in [3.63, 3.8) is 0 Å². The Kier molecular flexibility index (Phi) is 8.63. The SMILES string of the molecule is C/C=C\C(NC(=O)c1cc(F)c(-c2ccc(Cl)c(CO)n2)cc1O[C@@H](C)C(F)(F)F)=C(C)C. The third-order valence-electron chi connectivity index (χ3n) is 4.54. The van der Waals surface area contributed by atoms with Gasteiger partial charge in [0, 0.05) is 11.3 Å². The minimum Gasteiger partial charge on any atom is -0.480 e. The molecule has 0 fully saturated rings. The molecule has 10 heteroatoms. The lowest BCUT2D eigenvalue weighted by Crippen LogP contribution is -2.32. The molecular formula is C23H23ClF4N2O3. The van der Waals surface area contributed by atoms with Gasteiger partial charge >= 0.3 is 6.18 Å². The Hall–Kier alpha value is -2.91. The molecule has 178 valence electrons. The van der Waals surface area contributed by atoms with Crippen molar-refractivity contribution in [2.24, 2.45) is 0 Å². The molecule has 0 unspecified atom stereocenters. The van der Waals surface area contributed by atoms with Gasteiger partial charge in [0.2, 0.25) is 0 Å². The van der Waals surface area contributed by atoms with Crippen LogP contribution in [0.5, 0.6) is 5.75 Å². The number of nitrogens with one attached hydrogen (secondary N) is 1. The number of ether oxygens (including phenoxy) is 1. The van der Waals surface area contributed by atoms with E-state index in [1.165, 1.54) is 12.1 Å². The summed E-state index contributed by atoms with van der Waals surface area (Å²) in [5, 5.41) is 12.1. The Balaban J connectivity index is 2.63. The second-order valence-corrected chi connectivity index (χ2v) is 7.69. The molecule has 0 aliphatic heterocycles. The lowest BCUT2D eigenvalue weighted by Gasteiger charge is -2.21. The number of hydrogen-bond acceptors (Lipinski definition) is 4. The second kappa shape index (κ2) is 10.8. The fourth-order valence-corrected chi connectivity index (χ4v) is 2.88. The minimum absolute atomic E-state index is 0.00340. The molecule has 0 aliphatic carbocycles. The molecule has 1 aromatic carbocycles. The number of aliphatic hydroxyl groups excluding tert-OH is 1. The van der Waals surface area contributed by atoms with Gasteiger partial charge in [0.05, 0.1) is 28.6 Å². The lowest BCUT2D eigenvalue weighted by atomic mass is 10.0. The number of aliphatic hydroxyl groups is 1. The third-order valence-corrected chi connectivity index (χ3v) is 4.89. The van der Waals surface area contributed by atoms with Gasteiger partial charge in [-0.1, -0.05) is 23.3 Å². The molecule has 2 rings (SSSR count). The van der Waals surface area contributed by atoms with E-state index in [9.17, 15) is 23.1 Å². The van der Waals surface area contributed by atoms with E-state index < -0.39 is 41.9 Å². The summed E-state index contributed by atoms with van der Waals surface area (Å²) in [5.41, 5.74) is 0.544. The van der Waals surface area contributed by atoms with Crippen LogP contribution in [0.3, 0.4) is 0 Å². The first kappa shape index (κ1) is 26.3. The summed E-state index contributed by atoms with van der Waals surface area (Å²) in [6.07, 6.45) is -3.72. The Morgan fingerprint density at radius 3 is 2.52 bits per heavy atom. The Morgan fingerprint density at radius 1 is 1.30 bits per heavy atom. The van der Waals surface area contributed by atoms with E-state index in [1.54, 1.807) is 32.9 Å². The molecule has 0 radical (unpaired) electrons. The fraction of sp³-hybridized carbons (Fsp3) is 0.304. The van der Waals surface area contributed by atoms with Gasteiger partial charge in [0.1, 0.15) is 11.6 Å². The van der Waals surface area contributed by atoms with E-state index >= 15 is 4.39 Å². The van der Waals surface area contributed by atoms with Crippen molar-refractivity contribution in [2.75, 3.05) is 0 Å². The summed E-state index contributed by atoms with van der Waals surface area (Å²) in [4.78, 5) is 16.9. The summed E-state index contributed by atoms with van der Waals surface area (Å²) >= 11 is 5.91. The van der Waals surface area contributed by atoms with Crippen LogP contribution in [0.2, 0.25) is 5.02 Å². The lowest BCUT2D eigenvalue weighted by molar-refractivity contribution is -0.189. The van der Waals surface area contributed by atoms with Crippen molar-refractivity contribution in [2.45, 2.75) is 46.6 Å². The molecule has 1 heterocycles. The van der Waals surface area contributed by atoms with Crippen molar-refractivity contribution in [1.82, 2.24) is 10.3 Å². The first-order valence-corrected chi connectivity index (χ1v) is 10.2. The maximum Gasteiger partial charge on any atom is 0.425 e. The standard InChI is InChI=1S/C23H23ClF4N2O3/c1-5-6-18(12(2)3)30-22(32)15-9-17(25)14(10-21(15)33-13(4)23(26,27)28)19-8-7-16(24)20(11-31)29-19/h5-10,13,31H,11H2,1-4H3,(H,30,32)/b6-5-/t13-/m0/s1. The maximum absolute atomic E-state index is 15.0. The zero-order valence-electron chi connectivity index (χ0n) is 18.3. The van der Waals surface area contributed by atoms with Crippen LogP contribution in [0.25, 0.3) is 11.3 Å². The number of amides is 1. The van der Waals surface area contributed by atoms with Crippen molar-refractivity contribution in [3.05, 3.63) is 69.8 Å². The fourth-order valence-electron chi connectivity index (χ4n) is 2.72. The molecule has 33 heavy (non-hydrogen) atoms. The van der Waals surface area contributed by atoms with Gasteiger partial charge in [0.25, 0.3) is 5.91 Å². The van der Waals surface area contributed by atoms with Crippen LogP contribution in [0.1, 0.15) is 43.7 Å². The van der Waals surface area contributed by atoms with E-state index in [-0.39, 0.29) is 22.0 Å². The predicted molar refractivity (Wildman–Crippen MR) is 117 cm³/mol. The molecule has 2 N–H and O–H groups in total. The number of allylic oxidation sites excluding steroid dienone is 3. The number of carbonyl (C=O) groups excluding carboxylic acids is 1. The number of halogens is 5. The van der Waals surface area contributed by atoms with Crippen molar-refractivity contribution < 1.29 is 32.2 Å². The molecule has 0 bridgehead atoms. The van der Waals surface area contributed by atoms with Crippen molar-refractivity contribution in [3.8, 4) is 17.0 Å². The average molecular weight is 487 g/mol. The summed E-state index contributed by atoms with van der Waals surface area (Å²) in [6, 6.07) is 4.47. The summed E-state index contributed by atoms with van der Waals surface area (Å²) in [5.74, 6) is -2.25. The highest BCUT2D eigenvalue weighted by atomic mass is 35.5. The van der Waals surface area contributed by atoms with Crippen LogP contribution in [0, 0.1) is 5.82 Å². The minimum atomic E-state index is -4.72. The quantitative estimate of drug-likeness (QED) is 0.374. The van der Waals surface area contributed by atoms with Gasteiger partial charge in [-0.05, 0) is 58.0 Å². The number of aromatic nitrogens is 1. The number of rotatable bonds is 7. The van der Waals surface area contributed by atoms with Gasteiger partial charge in [-0.3, -0.25) is 4.79 Å². The van der Waals surface area contributed by atoms with E-state index in [0.29, 0.717) is 5.70 Å². The molecule has 0 saturated carbocycles. The molecule has 5 nitrogen and oxygen atoms in total. The normalized spacial score (nSPS) is 12.5. The smallest absolute Gasteiger partial charge is 0.425 e. The average Bonchev–Trinajstić information content (AvgIpc) is 2.73. The number of pyridine rings is 1. The van der Waals surface area contributed by atoms with E-state index in [1.807, 2.05) is 0 Å². The largest absolute Gasteiger partial charge is 0.480 e.